The Balaban J connectivity index is 1.57. The Bertz CT molecular complexity index is 867. The van der Waals surface area contributed by atoms with E-state index in [-0.39, 0.29) is 23.0 Å². The van der Waals surface area contributed by atoms with Crippen molar-refractivity contribution in [3.8, 4) is 0 Å². The molecule has 2 N–H and O–H groups in total. The molecule has 2 amide bonds. The minimum Gasteiger partial charge on any atom is -0.343 e. The summed E-state index contributed by atoms with van der Waals surface area (Å²) in [6.45, 7) is 6.02. The molecule has 0 saturated carbocycles. The number of rotatable bonds is 4. The fraction of sp³-hybridized carbons (Fsp3) is 0.400. The van der Waals surface area contributed by atoms with E-state index in [2.05, 4.69) is 20.6 Å². The van der Waals surface area contributed by atoms with Gasteiger partial charge in [-0.1, -0.05) is 39.0 Å². The van der Waals surface area contributed by atoms with E-state index in [1.807, 2.05) is 20.8 Å². The van der Waals surface area contributed by atoms with E-state index in [9.17, 15) is 14.0 Å². The molecule has 0 aliphatic carbocycles. The lowest BCUT2D eigenvalue weighted by Crippen LogP contribution is -2.52. The van der Waals surface area contributed by atoms with Crippen LogP contribution < -0.4 is 10.6 Å². The zero-order valence-corrected chi connectivity index (χ0v) is 16.8. The van der Waals surface area contributed by atoms with Crippen molar-refractivity contribution in [1.82, 2.24) is 15.3 Å². The molecule has 8 heteroatoms. The number of carbonyl (C=O) groups excluding carboxylic acids is 2. The molecule has 28 heavy (non-hydrogen) atoms. The number of anilines is 1. The van der Waals surface area contributed by atoms with Crippen molar-refractivity contribution in [3.05, 3.63) is 53.9 Å². The van der Waals surface area contributed by atoms with Gasteiger partial charge in [0, 0.05) is 11.2 Å². The molecule has 1 aliphatic heterocycles. The number of hydrogen-bond donors (Lipinski definition) is 2. The van der Waals surface area contributed by atoms with E-state index in [4.69, 9.17) is 0 Å². The Kier molecular flexibility index (Phi) is 5.98. The standard InChI is InChI=1S/C20H23FN4O2S/c1-20(2,3)19-22-9-13(10-23-19)24-17(26)15-11-28-16(18(27)25-15)8-12-6-4-5-7-14(12)21/h4-7,9-10,15-16H,8,11H2,1-3H3,(H,24,26)(H,25,27)/t15-,16+/m1/s1. The van der Waals surface area contributed by atoms with Gasteiger partial charge in [0.25, 0.3) is 0 Å². The summed E-state index contributed by atoms with van der Waals surface area (Å²) in [5.74, 6) is 0.186. The van der Waals surface area contributed by atoms with Gasteiger partial charge in [0.15, 0.2) is 0 Å². The van der Waals surface area contributed by atoms with Crippen LogP contribution in [0.25, 0.3) is 0 Å². The second-order valence-corrected chi connectivity index (χ2v) is 8.95. The van der Waals surface area contributed by atoms with Crippen molar-refractivity contribution >= 4 is 29.3 Å². The van der Waals surface area contributed by atoms with Crippen molar-refractivity contribution < 1.29 is 14.0 Å². The molecular formula is C20H23FN4O2S. The first-order valence-electron chi connectivity index (χ1n) is 9.03. The third-order valence-electron chi connectivity index (χ3n) is 4.34. The number of carbonyl (C=O) groups is 2. The average molecular weight is 402 g/mol. The van der Waals surface area contributed by atoms with Gasteiger partial charge in [-0.3, -0.25) is 9.59 Å². The average Bonchev–Trinajstić information content (AvgIpc) is 2.64. The van der Waals surface area contributed by atoms with Gasteiger partial charge in [0.2, 0.25) is 11.8 Å². The van der Waals surface area contributed by atoms with Gasteiger partial charge in [-0.05, 0) is 18.1 Å². The Morgan fingerprint density at radius 2 is 1.96 bits per heavy atom. The van der Waals surface area contributed by atoms with Crippen molar-refractivity contribution in [2.45, 2.75) is 43.9 Å². The summed E-state index contributed by atoms with van der Waals surface area (Å²) in [6.07, 6.45) is 3.41. The summed E-state index contributed by atoms with van der Waals surface area (Å²) in [4.78, 5) is 33.4. The third-order valence-corrected chi connectivity index (χ3v) is 5.65. The largest absolute Gasteiger partial charge is 0.343 e. The number of hydrogen-bond acceptors (Lipinski definition) is 5. The molecule has 2 atom stereocenters. The topological polar surface area (TPSA) is 84.0 Å². The Labute approximate surface area is 167 Å². The van der Waals surface area contributed by atoms with Crippen LogP contribution in [0.2, 0.25) is 0 Å². The first-order valence-corrected chi connectivity index (χ1v) is 10.1. The summed E-state index contributed by atoms with van der Waals surface area (Å²) in [5.41, 5.74) is 0.795. The Morgan fingerprint density at radius 3 is 2.57 bits per heavy atom. The van der Waals surface area contributed by atoms with Gasteiger partial charge in [-0.2, -0.15) is 0 Å². The third kappa shape index (κ3) is 4.86. The zero-order chi connectivity index (χ0) is 20.3. The quantitative estimate of drug-likeness (QED) is 0.822. The van der Waals surface area contributed by atoms with E-state index >= 15 is 0 Å². The molecule has 1 fully saturated rings. The van der Waals surface area contributed by atoms with Crippen molar-refractivity contribution in [3.63, 3.8) is 0 Å². The normalized spacial score (nSPS) is 19.8. The van der Waals surface area contributed by atoms with Crippen LogP contribution in [0.1, 0.15) is 32.2 Å². The number of nitrogens with one attached hydrogen (secondary N) is 2. The minimum atomic E-state index is -0.656. The number of thioether (sulfide) groups is 1. The molecule has 1 saturated heterocycles. The van der Waals surface area contributed by atoms with E-state index in [1.54, 1.807) is 30.6 Å². The maximum absolute atomic E-state index is 13.8. The van der Waals surface area contributed by atoms with Gasteiger partial charge >= 0.3 is 0 Å². The molecular weight excluding hydrogens is 379 g/mol. The predicted molar refractivity (Wildman–Crippen MR) is 108 cm³/mol. The number of benzene rings is 1. The Morgan fingerprint density at radius 1 is 1.29 bits per heavy atom. The second kappa shape index (κ2) is 8.26. The fourth-order valence-electron chi connectivity index (χ4n) is 2.76. The van der Waals surface area contributed by atoms with Crippen LogP contribution in [-0.2, 0) is 21.4 Å². The molecule has 0 radical (unpaired) electrons. The second-order valence-electron chi connectivity index (χ2n) is 7.71. The lowest BCUT2D eigenvalue weighted by atomic mass is 9.96. The minimum absolute atomic E-state index is 0.177. The van der Waals surface area contributed by atoms with Crippen LogP contribution in [0.15, 0.2) is 36.7 Å². The molecule has 2 aromatic rings. The van der Waals surface area contributed by atoms with E-state index in [1.165, 1.54) is 17.8 Å². The van der Waals surface area contributed by atoms with Crippen LogP contribution in [0.4, 0.5) is 10.1 Å². The maximum atomic E-state index is 13.8. The lowest BCUT2D eigenvalue weighted by Gasteiger charge is -2.28. The summed E-state index contributed by atoms with van der Waals surface area (Å²) in [5, 5.41) is 5.04. The summed E-state index contributed by atoms with van der Waals surface area (Å²) < 4.78 is 13.8. The van der Waals surface area contributed by atoms with Crippen LogP contribution in [-0.4, -0.2) is 38.8 Å². The lowest BCUT2D eigenvalue weighted by molar-refractivity contribution is -0.126. The molecule has 3 rings (SSSR count). The van der Waals surface area contributed by atoms with Crippen molar-refractivity contribution in [1.29, 1.82) is 0 Å². The molecule has 1 aromatic heterocycles. The molecule has 2 heterocycles. The van der Waals surface area contributed by atoms with Crippen LogP contribution >= 0.6 is 11.8 Å². The monoisotopic (exact) mass is 402 g/mol. The first kappa shape index (κ1) is 20.3. The highest BCUT2D eigenvalue weighted by Crippen LogP contribution is 2.24. The summed E-state index contributed by atoms with van der Waals surface area (Å²) in [7, 11) is 0. The van der Waals surface area contributed by atoms with Crippen molar-refractivity contribution in [2.75, 3.05) is 11.1 Å². The first-order chi connectivity index (χ1) is 13.2. The van der Waals surface area contributed by atoms with E-state index in [0.29, 0.717) is 29.2 Å². The van der Waals surface area contributed by atoms with Crippen LogP contribution in [0.5, 0.6) is 0 Å². The SMILES string of the molecule is CC(C)(C)c1ncc(NC(=O)[C@H]2CS[C@@H](Cc3ccccc3F)C(=O)N2)cn1. The smallest absolute Gasteiger partial charge is 0.247 e. The van der Waals surface area contributed by atoms with Crippen LogP contribution in [0, 0.1) is 5.82 Å². The molecule has 0 bridgehead atoms. The Hall–Kier alpha value is -2.48. The van der Waals surface area contributed by atoms with E-state index in [0.717, 1.165) is 0 Å². The van der Waals surface area contributed by atoms with Gasteiger partial charge in [-0.15, -0.1) is 11.8 Å². The fourth-order valence-corrected chi connectivity index (χ4v) is 3.94. The van der Waals surface area contributed by atoms with Crippen LogP contribution in [0.3, 0.4) is 0 Å². The molecule has 6 nitrogen and oxygen atoms in total. The number of aromatic nitrogens is 2. The van der Waals surface area contributed by atoms with E-state index < -0.39 is 11.3 Å². The number of nitrogens with zero attached hydrogens (tertiary/aromatic N) is 2. The molecule has 1 aliphatic rings. The van der Waals surface area contributed by atoms with Gasteiger partial charge in [0.05, 0.1) is 23.3 Å². The highest BCUT2D eigenvalue weighted by Gasteiger charge is 2.33. The van der Waals surface area contributed by atoms with Gasteiger partial charge in [0.1, 0.15) is 17.7 Å². The number of halogens is 1. The summed E-state index contributed by atoms with van der Waals surface area (Å²) >= 11 is 1.36. The highest BCUT2D eigenvalue weighted by molar-refractivity contribution is 8.00. The molecule has 0 unspecified atom stereocenters. The molecule has 1 aromatic carbocycles. The van der Waals surface area contributed by atoms with Gasteiger partial charge < -0.3 is 10.6 Å². The maximum Gasteiger partial charge on any atom is 0.247 e. The van der Waals surface area contributed by atoms with Crippen molar-refractivity contribution in [2.24, 2.45) is 0 Å². The van der Waals surface area contributed by atoms with Gasteiger partial charge in [-0.25, -0.2) is 14.4 Å². The molecule has 0 spiro atoms. The summed E-state index contributed by atoms with van der Waals surface area (Å²) in [6, 6.07) is 5.75. The number of amides is 2. The zero-order valence-electron chi connectivity index (χ0n) is 16.0. The molecule has 148 valence electrons. The predicted octanol–water partition coefficient (Wildman–Crippen LogP) is 2.69. The highest BCUT2D eigenvalue weighted by atomic mass is 32.2.